The zero-order valence-corrected chi connectivity index (χ0v) is 12.0. The number of hydrogen-bond acceptors (Lipinski definition) is 6. The number of methoxy groups -OCH3 is 1. The van der Waals surface area contributed by atoms with E-state index in [9.17, 15) is 14.4 Å². The summed E-state index contributed by atoms with van der Waals surface area (Å²) in [6.45, 7) is 4.49. The number of thiophene rings is 1. The Labute approximate surface area is 114 Å². The summed E-state index contributed by atoms with van der Waals surface area (Å²) in [7, 11) is 1.21. The fourth-order valence-corrected chi connectivity index (χ4v) is 2.47. The number of aryl methyl sites for hydroxylation is 1. The maximum absolute atomic E-state index is 11.9. The second kappa shape index (κ2) is 6.33. The highest BCUT2D eigenvalue weighted by Crippen LogP contribution is 2.32. The van der Waals surface area contributed by atoms with Crippen molar-refractivity contribution in [1.29, 1.82) is 0 Å². The average molecular weight is 285 g/mol. The summed E-state index contributed by atoms with van der Waals surface area (Å²) in [6, 6.07) is 0. The first-order valence-electron chi connectivity index (χ1n) is 5.48. The molecule has 0 saturated heterocycles. The Morgan fingerprint density at radius 2 is 1.89 bits per heavy atom. The van der Waals surface area contributed by atoms with Crippen LogP contribution in [0.5, 0.6) is 0 Å². The van der Waals surface area contributed by atoms with Crippen molar-refractivity contribution < 1.29 is 23.9 Å². The van der Waals surface area contributed by atoms with Crippen molar-refractivity contribution in [3.63, 3.8) is 0 Å². The van der Waals surface area contributed by atoms with Crippen LogP contribution in [0.3, 0.4) is 0 Å². The molecule has 1 aromatic rings. The average Bonchev–Trinajstić information content (AvgIpc) is 2.60. The number of carbonyl (C=O) groups excluding carboxylic acids is 3. The number of nitrogens with one attached hydrogen (secondary N) is 1. The van der Waals surface area contributed by atoms with Gasteiger partial charge in [0.05, 0.1) is 12.7 Å². The summed E-state index contributed by atoms with van der Waals surface area (Å²) < 4.78 is 9.22. The molecule has 0 aliphatic heterocycles. The van der Waals surface area contributed by atoms with E-state index >= 15 is 0 Å². The van der Waals surface area contributed by atoms with Gasteiger partial charge < -0.3 is 14.8 Å². The molecule has 0 aliphatic rings. The first-order valence-corrected chi connectivity index (χ1v) is 6.30. The van der Waals surface area contributed by atoms with Gasteiger partial charge in [0.15, 0.2) is 6.61 Å². The van der Waals surface area contributed by atoms with E-state index in [0.29, 0.717) is 5.00 Å². The lowest BCUT2D eigenvalue weighted by Gasteiger charge is -2.06. The van der Waals surface area contributed by atoms with E-state index in [4.69, 9.17) is 4.74 Å². The largest absolute Gasteiger partial charge is 0.466 e. The molecule has 104 valence electrons. The summed E-state index contributed by atoms with van der Waals surface area (Å²) in [4.78, 5) is 34.8. The summed E-state index contributed by atoms with van der Waals surface area (Å²) >= 11 is 1.29. The number of rotatable bonds is 4. The fraction of sp³-hybridized carbons (Fsp3) is 0.417. The van der Waals surface area contributed by atoms with Crippen LogP contribution in [0.2, 0.25) is 0 Å². The first kappa shape index (κ1) is 15.2. The van der Waals surface area contributed by atoms with Crippen molar-refractivity contribution in [3.05, 3.63) is 16.0 Å². The van der Waals surface area contributed by atoms with E-state index < -0.39 is 18.5 Å². The molecule has 1 heterocycles. The van der Waals surface area contributed by atoms with Gasteiger partial charge in [0.25, 0.3) is 0 Å². The Hall–Kier alpha value is -1.89. The van der Waals surface area contributed by atoms with Crippen LogP contribution in [0, 0.1) is 13.8 Å². The standard InChI is InChI=1S/C12H15NO5S/c1-6-7(2)19-11(13-8(3)14)10(6)12(16)18-5-9(15)17-4/h5H2,1-4H3,(H,13,14). The van der Waals surface area contributed by atoms with Gasteiger partial charge in [-0.15, -0.1) is 11.3 Å². The van der Waals surface area contributed by atoms with E-state index in [1.165, 1.54) is 25.4 Å². The molecule has 1 rings (SSSR count). The molecule has 0 radical (unpaired) electrons. The van der Waals surface area contributed by atoms with Gasteiger partial charge in [-0.25, -0.2) is 9.59 Å². The Kier molecular flexibility index (Phi) is 5.05. The minimum atomic E-state index is -0.656. The van der Waals surface area contributed by atoms with Crippen LogP contribution in [0.15, 0.2) is 0 Å². The van der Waals surface area contributed by atoms with Crippen LogP contribution < -0.4 is 5.32 Å². The third-order valence-electron chi connectivity index (χ3n) is 2.43. The molecule has 6 nitrogen and oxygen atoms in total. The first-order chi connectivity index (χ1) is 8.86. The smallest absolute Gasteiger partial charge is 0.344 e. The molecular weight excluding hydrogens is 270 g/mol. The SMILES string of the molecule is COC(=O)COC(=O)c1c(NC(C)=O)sc(C)c1C. The third-order valence-corrected chi connectivity index (χ3v) is 3.55. The van der Waals surface area contributed by atoms with Crippen molar-refractivity contribution in [2.75, 3.05) is 19.0 Å². The molecule has 0 bridgehead atoms. The zero-order chi connectivity index (χ0) is 14.6. The van der Waals surface area contributed by atoms with Crippen LogP contribution in [0.1, 0.15) is 27.7 Å². The molecule has 0 saturated carbocycles. The number of hydrogen-bond donors (Lipinski definition) is 1. The Bertz CT molecular complexity index is 520. The van der Waals surface area contributed by atoms with Crippen LogP contribution in [-0.2, 0) is 19.1 Å². The highest BCUT2D eigenvalue weighted by molar-refractivity contribution is 7.16. The summed E-state index contributed by atoms with van der Waals surface area (Å²) in [6.07, 6.45) is 0. The van der Waals surface area contributed by atoms with E-state index in [1.807, 2.05) is 6.92 Å². The number of esters is 2. The van der Waals surface area contributed by atoms with Crippen LogP contribution in [0.25, 0.3) is 0 Å². The number of anilines is 1. The lowest BCUT2D eigenvalue weighted by Crippen LogP contribution is -2.17. The summed E-state index contributed by atoms with van der Waals surface area (Å²) in [5.41, 5.74) is 1.00. The minimum absolute atomic E-state index is 0.275. The van der Waals surface area contributed by atoms with Gasteiger partial charge in [0, 0.05) is 11.8 Å². The monoisotopic (exact) mass is 285 g/mol. The van der Waals surface area contributed by atoms with Crippen molar-refractivity contribution >= 4 is 34.2 Å². The highest BCUT2D eigenvalue weighted by atomic mass is 32.1. The molecule has 1 aromatic heterocycles. The maximum atomic E-state index is 11.9. The minimum Gasteiger partial charge on any atom is -0.466 e. The van der Waals surface area contributed by atoms with Gasteiger partial charge in [-0.3, -0.25) is 4.79 Å². The van der Waals surface area contributed by atoms with Crippen molar-refractivity contribution in [1.82, 2.24) is 0 Å². The summed E-state index contributed by atoms with van der Waals surface area (Å²) in [5, 5.41) is 3.01. The number of ether oxygens (including phenoxy) is 2. The number of carbonyl (C=O) groups is 3. The van der Waals surface area contributed by atoms with Crippen LogP contribution >= 0.6 is 11.3 Å². The fourth-order valence-electron chi connectivity index (χ4n) is 1.38. The van der Waals surface area contributed by atoms with Crippen LogP contribution in [0.4, 0.5) is 5.00 Å². The lowest BCUT2D eigenvalue weighted by atomic mass is 10.1. The molecule has 0 aromatic carbocycles. The Morgan fingerprint density at radius 1 is 1.26 bits per heavy atom. The molecule has 7 heteroatoms. The molecule has 0 atom stereocenters. The second-order valence-corrected chi connectivity index (χ2v) is 5.05. The van der Waals surface area contributed by atoms with E-state index in [-0.39, 0.29) is 11.5 Å². The molecule has 1 amide bonds. The summed E-state index contributed by atoms with van der Waals surface area (Å²) in [5.74, 6) is -1.57. The van der Waals surface area contributed by atoms with Crippen molar-refractivity contribution in [3.8, 4) is 0 Å². The molecule has 19 heavy (non-hydrogen) atoms. The molecule has 0 unspecified atom stereocenters. The van der Waals surface area contributed by atoms with Crippen molar-refractivity contribution in [2.45, 2.75) is 20.8 Å². The lowest BCUT2D eigenvalue weighted by molar-refractivity contribution is -0.144. The van der Waals surface area contributed by atoms with E-state index in [0.717, 1.165) is 10.4 Å². The Balaban J connectivity index is 2.94. The van der Waals surface area contributed by atoms with Gasteiger partial charge in [-0.2, -0.15) is 0 Å². The quantitative estimate of drug-likeness (QED) is 0.851. The molecule has 0 aliphatic carbocycles. The molecule has 1 N–H and O–H groups in total. The number of amides is 1. The highest BCUT2D eigenvalue weighted by Gasteiger charge is 2.22. The normalized spacial score (nSPS) is 9.89. The van der Waals surface area contributed by atoms with Gasteiger partial charge >= 0.3 is 11.9 Å². The van der Waals surface area contributed by atoms with Gasteiger partial charge in [0.1, 0.15) is 5.00 Å². The molecule has 0 spiro atoms. The van der Waals surface area contributed by atoms with E-state index in [1.54, 1.807) is 6.92 Å². The second-order valence-electron chi connectivity index (χ2n) is 3.82. The third kappa shape index (κ3) is 3.78. The molecule has 0 fully saturated rings. The van der Waals surface area contributed by atoms with Gasteiger partial charge in [0.2, 0.25) is 5.91 Å². The Morgan fingerprint density at radius 3 is 2.42 bits per heavy atom. The van der Waals surface area contributed by atoms with Crippen LogP contribution in [-0.4, -0.2) is 31.6 Å². The molecular formula is C12H15NO5S. The van der Waals surface area contributed by atoms with E-state index in [2.05, 4.69) is 10.1 Å². The predicted octanol–water partition coefficient (Wildman–Crippen LogP) is 1.65. The predicted molar refractivity (Wildman–Crippen MR) is 70.4 cm³/mol. The van der Waals surface area contributed by atoms with Crippen molar-refractivity contribution in [2.24, 2.45) is 0 Å². The topological polar surface area (TPSA) is 81.7 Å². The van der Waals surface area contributed by atoms with Gasteiger partial charge in [-0.1, -0.05) is 0 Å². The van der Waals surface area contributed by atoms with Gasteiger partial charge in [-0.05, 0) is 19.4 Å². The maximum Gasteiger partial charge on any atom is 0.344 e. The zero-order valence-electron chi connectivity index (χ0n) is 11.2.